The highest BCUT2D eigenvalue weighted by Gasteiger charge is 2.12. The third kappa shape index (κ3) is 2.59. The van der Waals surface area contributed by atoms with Crippen LogP contribution in [0.1, 0.15) is 12.5 Å². The molecule has 0 bridgehead atoms. The SMILES string of the molecule is CCc1c(N)ncnc1Sc1cc(F)ccc1F. The molecular weight excluding hydrogens is 256 g/mol. The Labute approximate surface area is 107 Å². The van der Waals surface area contributed by atoms with Gasteiger partial charge in [-0.1, -0.05) is 18.7 Å². The van der Waals surface area contributed by atoms with Crippen LogP contribution < -0.4 is 5.73 Å². The first-order valence-electron chi connectivity index (χ1n) is 5.34. The Kier molecular flexibility index (Phi) is 3.76. The smallest absolute Gasteiger partial charge is 0.137 e. The Morgan fingerprint density at radius 1 is 1.28 bits per heavy atom. The Morgan fingerprint density at radius 3 is 2.78 bits per heavy atom. The third-order valence-corrected chi connectivity index (χ3v) is 3.47. The molecule has 1 aromatic carbocycles. The van der Waals surface area contributed by atoms with E-state index in [4.69, 9.17) is 5.73 Å². The molecule has 0 fully saturated rings. The van der Waals surface area contributed by atoms with Gasteiger partial charge in [0, 0.05) is 5.56 Å². The molecule has 0 aliphatic carbocycles. The van der Waals surface area contributed by atoms with E-state index in [0.717, 1.165) is 35.5 Å². The first kappa shape index (κ1) is 12.8. The van der Waals surface area contributed by atoms with Gasteiger partial charge in [-0.05, 0) is 24.6 Å². The summed E-state index contributed by atoms with van der Waals surface area (Å²) in [6.07, 6.45) is 1.94. The Bertz CT molecular complexity index is 575. The summed E-state index contributed by atoms with van der Waals surface area (Å²) in [7, 11) is 0. The lowest BCUT2D eigenvalue weighted by Crippen LogP contribution is -2.00. The van der Waals surface area contributed by atoms with Crippen molar-refractivity contribution >= 4 is 17.6 Å². The standard InChI is InChI=1S/C12H11F2N3S/c1-2-8-11(15)16-6-17-12(8)18-10-5-7(13)3-4-9(10)14/h3-6H,2H2,1H3,(H2,15,16,17). The summed E-state index contributed by atoms with van der Waals surface area (Å²) in [5, 5.41) is 0.550. The van der Waals surface area contributed by atoms with Gasteiger partial charge in [-0.25, -0.2) is 18.7 Å². The molecule has 0 saturated carbocycles. The van der Waals surface area contributed by atoms with Gasteiger partial charge in [-0.3, -0.25) is 0 Å². The highest BCUT2D eigenvalue weighted by atomic mass is 32.2. The van der Waals surface area contributed by atoms with Crippen molar-refractivity contribution in [3.8, 4) is 0 Å². The van der Waals surface area contributed by atoms with Gasteiger partial charge in [0.2, 0.25) is 0 Å². The molecule has 0 aliphatic rings. The van der Waals surface area contributed by atoms with Crippen LogP contribution in [0.3, 0.4) is 0 Å². The summed E-state index contributed by atoms with van der Waals surface area (Å²) in [5.74, 6) is -0.605. The number of halogens is 2. The van der Waals surface area contributed by atoms with Gasteiger partial charge in [-0.15, -0.1) is 0 Å². The van der Waals surface area contributed by atoms with Gasteiger partial charge < -0.3 is 5.73 Å². The highest BCUT2D eigenvalue weighted by molar-refractivity contribution is 7.99. The Balaban J connectivity index is 2.40. The molecule has 1 heterocycles. The number of hydrogen-bond donors (Lipinski definition) is 1. The molecule has 0 atom stereocenters. The zero-order valence-electron chi connectivity index (χ0n) is 9.65. The van der Waals surface area contributed by atoms with E-state index in [1.54, 1.807) is 0 Å². The minimum Gasteiger partial charge on any atom is -0.383 e. The molecule has 0 radical (unpaired) electrons. The second kappa shape index (κ2) is 5.30. The van der Waals surface area contributed by atoms with E-state index in [1.807, 2.05) is 6.92 Å². The maximum Gasteiger partial charge on any atom is 0.137 e. The first-order valence-corrected chi connectivity index (χ1v) is 6.15. The van der Waals surface area contributed by atoms with E-state index in [9.17, 15) is 8.78 Å². The van der Waals surface area contributed by atoms with Crippen molar-refractivity contribution in [3.05, 3.63) is 41.7 Å². The number of nitrogen functional groups attached to an aromatic ring is 1. The van der Waals surface area contributed by atoms with Gasteiger partial charge in [-0.2, -0.15) is 0 Å². The lowest BCUT2D eigenvalue weighted by Gasteiger charge is -2.08. The van der Waals surface area contributed by atoms with E-state index in [0.29, 0.717) is 17.3 Å². The number of hydrogen-bond acceptors (Lipinski definition) is 4. The van der Waals surface area contributed by atoms with Gasteiger partial charge in [0.15, 0.2) is 0 Å². The number of anilines is 1. The minimum atomic E-state index is -0.487. The first-order chi connectivity index (χ1) is 8.61. The summed E-state index contributed by atoms with van der Waals surface area (Å²) in [4.78, 5) is 8.12. The number of nitrogens with zero attached hydrogens (tertiary/aromatic N) is 2. The monoisotopic (exact) mass is 267 g/mol. The fraction of sp³-hybridized carbons (Fsp3) is 0.167. The average molecular weight is 267 g/mol. The second-order valence-corrected chi connectivity index (χ2v) is 4.60. The predicted molar refractivity (Wildman–Crippen MR) is 66.3 cm³/mol. The van der Waals surface area contributed by atoms with E-state index in [2.05, 4.69) is 9.97 Å². The lowest BCUT2D eigenvalue weighted by molar-refractivity contribution is 0.577. The number of rotatable bonds is 3. The molecule has 3 nitrogen and oxygen atoms in total. The van der Waals surface area contributed by atoms with E-state index in [1.165, 1.54) is 6.33 Å². The average Bonchev–Trinajstić information content (AvgIpc) is 2.34. The van der Waals surface area contributed by atoms with E-state index < -0.39 is 11.6 Å². The molecule has 0 unspecified atom stereocenters. The molecule has 0 saturated heterocycles. The molecule has 0 amide bonds. The third-order valence-electron chi connectivity index (χ3n) is 2.39. The molecule has 6 heteroatoms. The number of benzene rings is 1. The van der Waals surface area contributed by atoms with Gasteiger partial charge in [0.1, 0.15) is 28.8 Å². The number of nitrogens with two attached hydrogens (primary N) is 1. The van der Waals surface area contributed by atoms with Crippen molar-refractivity contribution in [1.82, 2.24) is 9.97 Å². The largest absolute Gasteiger partial charge is 0.383 e. The highest BCUT2D eigenvalue weighted by Crippen LogP contribution is 2.32. The normalized spacial score (nSPS) is 10.6. The summed E-state index contributed by atoms with van der Waals surface area (Å²) in [6, 6.07) is 3.31. The van der Waals surface area contributed by atoms with Crippen LogP contribution in [0.5, 0.6) is 0 Å². The van der Waals surface area contributed by atoms with Gasteiger partial charge in [0.05, 0.1) is 4.90 Å². The Hall–Kier alpha value is -1.69. The van der Waals surface area contributed by atoms with Crippen LogP contribution in [0.2, 0.25) is 0 Å². The molecule has 18 heavy (non-hydrogen) atoms. The van der Waals surface area contributed by atoms with Crippen LogP contribution in [0.25, 0.3) is 0 Å². The predicted octanol–water partition coefficient (Wildman–Crippen LogP) is 3.05. The summed E-state index contributed by atoms with van der Waals surface area (Å²) in [5.41, 5.74) is 6.46. The van der Waals surface area contributed by atoms with Crippen molar-refractivity contribution in [3.63, 3.8) is 0 Å². The maximum atomic E-state index is 13.5. The molecule has 2 N–H and O–H groups in total. The molecule has 94 valence electrons. The molecule has 0 spiro atoms. The number of aromatic nitrogens is 2. The Morgan fingerprint density at radius 2 is 2.06 bits per heavy atom. The quantitative estimate of drug-likeness (QED) is 0.868. The van der Waals surface area contributed by atoms with Crippen LogP contribution in [-0.2, 0) is 6.42 Å². The molecule has 1 aromatic heterocycles. The van der Waals surface area contributed by atoms with Crippen LogP contribution in [0.15, 0.2) is 34.4 Å². The molecule has 2 rings (SSSR count). The van der Waals surface area contributed by atoms with Gasteiger partial charge >= 0.3 is 0 Å². The zero-order valence-corrected chi connectivity index (χ0v) is 10.5. The minimum absolute atomic E-state index is 0.183. The van der Waals surface area contributed by atoms with Gasteiger partial charge in [0.25, 0.3) is 0 Å². The molecular formula is C12H11F2N3S. The maximum absolute atomic E-state index is 13.5. The van der Waals surface area contributed by atoms with Crippen molar-refractivity contribution in [1.29, 1.82) is 0 Å². The van der Waals surface area contributed by atoms with Crippen LogP contribution in [-0.4, -0.2) is 9.97 Å². The fourth-order valence-corrected chi connectivity index (χ4v) is 2.51. The summed E-state index contributed by atoms with van der Waals surface area (Å²) >= 11 is 1.05. The summed E-state index contributed by atoms with van der Waals surface area (Å²) in [6.45, 7) is 1.90. The van der Waals surface area contributed by atoms with Crippen molar-refractivity contribution in [2.24, 2.45) is 0 Å². The van der Waals surface area contributed by atoms with Crippen molar-refractivity contribution < 1.29 is 8.78 Å². The second-order valence-electron chi connectivity index (χ2n) is 3.57. The summed E-state index contributed by atoms with van der Waals surface area (Å²) < 4.78 is 26.6. The van der Waals surface area contributed by atoms with Crippen LogP contribution in [0, 0.1) is 11.6 Å². The van der Waals surface area contributed by atoms with E-state index >= 15 is 0 Å². The zero-order chi connectivity index (χ0) is 13.1. The van der Waals surface area contributed by atoms with Crippen molar-refractivity contribution in [2.45, 2.75) is 23.3 Å². The van der Waals surface area contributed by atoms with Crippen LogP contribution in [0.4, 0.5) is 14.6 Å². The molecule has 2 aromatic rings. The molecule has 0 aliphatic heterocycles. The topological polar surface area (TPSA) is 51.8 Å². The van der Waals surface area contributed by atoms with Crippen molar-refractivity contribution in [2.75, 3.05) is 5.73 Å². The van der Waals surface area contributed by atoms with E-state index in [-0.39, 0.29) is 4.90 Å². The lowest BCUT2D eigenvalue weighted by atomic mass is 10.2. The fourth-order valence-electron chi connectivity index (χ4n) is 1.49. The van der Waals surface area contributed by atoms with Crippen LogP contribution >= 0.6 is 11.8 Å².